The number of ether oxygens (including phenoxy) is 1. The van der Waals surface area contributed by atoms with Gasteiger partial charge in [-0.05, 0) is 5.75 Å². The van der Waals surface area contributed by atoms with Gasteiger partial charge in [-0.2, -0.15) is 11.8 Å². The van der Waals surface area contributed by atoms with Gasteiger partial charge in [0.25, 0.3) is 0 Å². The topological polar surface area (TPSA) is 90.2 Å². The SMILES string of the molecule is CCSC1C(O)OC(CO)C(O)C1O. The van der Waals surface area contributed by atoms with Gasteiger partial charge in [0, 0.05) is 0 Å². The molecule has 0 aromatic rings. The Kier molecular flexibility index (Phi) is 4.62. The Labute approximate surface area is 86.7 Å². The first kappa shape index (κ1) is 12.2. The van der Waals surface area contributed by atoms with Crippen molar-refractivity contribution in [2.45, 2.75) is 36.8 Å². The maximum absolute atomic E-state index is 9.62. The molecule has 1 saturated heterocycles. The summed E-state index contributed by atoms with van der Waals surface area (Å²) in [6.07, 6.45) is -4.27. The van der Waals surface area contributed by atoms with Crippen LogP contribution in [0.2, 0.25) is 0 Å². The lowest BCUT2D eigenvalue weighted by molar-refractivity contribution is -0.234. The fourth-order valence-corrected chi connectivity index (χ4v) is 2.42. The summed E-state index contributed by atoms with van der Waals surface area (Å²) in [5.74, 6) is 0.707. The summed E-state index contributed by atoms with van der Waals surface area (Å²) in [5.41, 5.74) is 0. The van der Waals surface area contributed by atoms with E-state index in [-0.39, 0.29) is 0 Å². The zero-order chi connectivity index (χ0) is 10.7. The van der Waals surface area contributed by atoms with Crippen LogP contribution < -0.4 is 0 Å². The molecule has 5 atom stereocenters. The molecule has 5 unspecified atom stereocenters. The number of thioether (sulfide) groups is 1. The monoisotopic (exact) mass is 224 g/mol. The predicted molar refractivity (Wildman–Crippen MR) is 51.9 cm³/mol. The van der Waals surface area contributed by atoms with Crippen LogP contribution in [-0.2, 0) is 4.74 Å². The van der Waals surface area contributed by atoms with E-state index in [2.05, 4.69) is 0 Å². The van der Waals surface area contributed by atoms with Crippen LogP contribution in [0.1, 0.15) is 6.92 Å². The Morgan fingerprint density at radius 3 is 2.36 bits per heavy atom. The molecule has 1 fully saturated rings. The average Bonchev–Trinajstić information content (AvgIpc) is 2.18. The third-order valence-electron chi connectivity index (χ3n) is 2.20. The number of rotatable bonds is 3. The number of aliphatic hydroxyl groups is 4. The first-order valence-electron chi connectivity index (χ1n) is 4.54. The second-order valence-electron chi connectivity index (χ2n) is 3.15. The molecule has 6 heteroatoms. The van der Waals surface area contributed by atoms with Crippen molar-refractivity contribution < 1.29 is 25.2 Å². The van der Waals surface area contributed by atoms with Gasteiger partial charge in [0.05, 0.1) is 18.0 Å². The van der Waals surface area contributed by atoms with Gasteiger partial charge in [-0.1, -0.05) is 6.92 Å². The van der Waals surface area contributed by atoms with E-state index in [4.69, 9.17) is 9.84 Å². The van der Waals surface area contributed by atoms with E-state index in [1.165, 1.54) is 11.8 Å². The molecule has 4 N–H and O–H groups in total. The third-order valence-corrected chi connectivity index (χ3v) is 3.43. The smallest absolute Gasteiger partial charge is 0.169 e. The molecule has 1 rings (SSSR count). The Balaban J connectivity index is 2.63. The minimum Gasteiger partial charge on any atom is -0.394 e. The van der Waals surface area contributed by atoms with Crippen molar-refractivity contribution in [3.63, 3.8) is 0 Å². The van der Waals surface area contributed by atoms with Gasteiger partial charge in [0.1, 0.15) is 12.2 Å². The molecular formula is C8H16O5S. The second kappa shape index (κ2) is 5.29. The molecule has 0 spiro atoms. The van der Waals surface area contributed by atoms with Gasteiger partial charge < -0.3 is 25.2 Å². The largest absolute Gasteiger partial charge is 0.394 e. The number of aliphatic hydroxyl groups excluding tert-OH is 4. The molecule has 84 valence electrons. The molecule has 0 aromatic carbocycles. The van der Waals surface area contributed by atoms with Gasteiger partial charge in [0.2, 0.25) is 0 Å². The van der Waals surface area contributed by atoms with Crippen molar-refractivity contribution in [2.75, 3.05) is 12.4 Å². The standard InChI is InChI=1S/C8H16O5S/c1-2-14-7-6(11)5(10)4(3-9)13-8(7)12/h4-12H,2-3H2,1H3. The van der Waals surface area contributed by atoms with Crippen LogP contribution in [-0.4, -0.2) is 62.6 Å². The van der Waals surface area contributed by atoms with E-state index < -0.39 is 36.5 Å². The van der Waals surface area contributed by atoms with Gasteiger partial charge in [-0.15, -0.1) is 0 Å². The summed E-state index contributed by atoms with van der Waals surface area (Å²) in [5, 5.41) is 36.8. The Bertz CT molecular complexity index is 179. The highest BCUT2D eigenvalue weighted by molar-refractivity contribution is 7.99. The summed E-state index contributed by atoms with van der Waals surface area (Å²) < 4.78 is 4.96. The maximum atomic E-state index is 9.62. The summed E-state index contributed by atoms with van der Waals surface area (Å²) in [7, 11) is 0. The fraction of sp³-hybridized carbons (Fsp3) is 1.00. The normalized spacial score (nSPS) is 43.9. The van der Waals surface area contributed by atoms with Gasteiger partial charge in [-0.25, -0.2) is 0 Å². The molecule has 0 amide bonds. The molecule has 0 aliphatic carbocycles. The van der Waals surface area contributed by atoms with Crippen LogP contribution in [0.4, 0.5) is 0 Å². The van der Waals surface area contributed by atoms with E-state index >= 15 is 0 Å². The van der Waals surface area contributed by atoms with Crippen LogP contribution >= 0.6 is 11.8 Å². The van der Waals surface area contributed by atoms with Crippen LogP contribution in [0.25, 0.3) is 0 Å². The quantitative estimate of drug-likeness (QED) is 0.468. The fourth-order valence-electron chi connectivity index (χ4n) is 1.44. The van der Waals surface area contributed by atoms with Crippen LogP contribution in [0, 0.1) is 0 Å². The highest BCUT2D eigenvalue weighted by Gasteiger charge is 2.43. The van der Waals surface area contributed by atoms with Crippen molar-refractivity contribution in [2.24, 2.45) is 0 Å². The summed E-state index contributed by atoms with van der Waals surface area (Å²) >= 11 is 1.32. The minimum atomic E-state index is -1.15. The van der Waals surface area contributed by atoms with Crippen LogP contribution in [0.5, 0.6) is 0 Å². The van der Waals surface area contributed by atoms with Crippen molar-refractivity contribution >= 4 is 11.8 Å². The first-order valence-corrected chi connectivity index (χ1v) is 5.58. The molecule has 1 aliphatic heterocycles. The zero-order valence-electron chi connectivity index (χ0n) is 7.91. The van der Waals surface area contributed by atoms with Gasteiger partial charge in [-0.3, -0.25) is 0 Å². The highest BCUT2D eigenvalue weighted by Crippen LogP contribution is 2.28. The van der Waals surface area contributed by atoms with E-state index in [0.29, 0.717) is 5.75 Å². The lowest BCUT2D eigenvalue weighted by Crippen LogP contribution is -2.57. The van der Waals surface area contributed by atoms with Crippen molar-refractivity contribution in [1.29, 1.82) is 0 Å². The first-order chi connectivity index (χ1) is 6.61. The Hall–Kier alpha value is 0.150. The van der Waals surface area contributed by atoms with E-state index in [0.717, 1.165) is 0 Å². The Morgan fingerprint density at radius 2 is 1.86 bits per heavy atom. The number of hydrogen-bond donors (Lipinski definition) is 4. The minimum absolute atomic E-state index is 0.418. The van der Waals surface area contributed by atoms with E-state index in [9.17, 15) is 15.3 Å². The van der Waals surface area contributed by atoms with Crippen LogP contribution in [0.15, 0.2) is 0 Å². The van der Waals surface area contributed by atoms with Gasteiger partial charge >= 0.3 is 0 Å². The molecule has 0 bridgehead atoms. The van der Waals surface area contributed by atoms with E-state index in [1.807, 2.05) is 6.92 Å². The predicted octanol–water partition coefficient (Wildman–Crippen LogP) is -1.46. The lowest BCUT2D eigenvalue weighted by Gasteiger charge is -2.39. The molecule has 0 radical (unpaired) electrons. The zero-order valence-corrected chi connectivity index (χ0v) is 8.72. The molecule has 0 aromatic heterocycles. The van der Waals surface area contributed by atoms with Crippen LogP contribution in [0.3, 0.4) is 0 Å². The highest BCUT2D eigenvalue weighted by atomic mass is 32.2. The van der Waals surface area contributed by atoms with Crippen molar-refractivity contribution in [3.05, 3.63) is 0 Å². The molecular weight excluding hydrogens is 208 g/mol. The summed E-state index contributed by atoms with van der Waals surface area (Å²) in [6, 6.07) is 0. The Morgan fingerprint density at radius 1 is 1.21 bits per heavy atom. The number of hydrogen-bond acceptors (Lipinski definition) is 6. The molecule has 0 saturated carbocycles. The van der Waals surface area contributed by atoms with Crippen molar-refractivity contribution in [1.82, 2.24) is 0 Å². The third kappa shape index (κ3) is 2.39. The second-order valence-corrected chi connectivity index (χ2v) is 4.60. The maximum Gasteiger partial charge on any atom is 0.169 e. The van der Waals surface area contributed by atoms with Gasteiger partial charge in [0.15, 0.2) is 6.29 Å². The molecule has 14 heavy (non-hydrogen) atoms. The molecule has 1 aliphatic rings. The average molecular weight is 224 g/mol. The lowest BCUT2D eigenvalue weighted by atomic mass is 10.0. The molecule has 1 heterocycles. The van der Waals surface area contributed by atoms with E-state index in [1.54, 1.807) is 0 Å². The summed E-state index contributed by atoms with van der Waals surface area (Å²) in [6.45, 7) is 1.47. The summed E-state index contributed by atoms with van der Waals surface area (Å²) in [4.78, 5) is 0. The van der Waals surface area contributed by atoms with Crippen molar-refractivity contribution in [3.8, 4) is 0 Å². The molecule has 5 nitrogen and oxygen atoms in total.